The number of ether oxygens (including phenoxy) is 1. The number of methoxy groups -OCH3 is 1. The molecule has 0 bridgehead atoms. The third-order valence-electron chi connectivity index (χ3n) is 4.74. The van der Waals surface area contributed by atoms with Gasteiger partial charge in [-0.15, -0.1) is 0 Å². The summed E-state index contributed by atoms with van der Waals surface area (Å²) in [5, 5.41) is 6.57. The first-order valence-electron chi connectivity index (χ1n) is 9.45. The zero-order valence-electron chi connectivity index (χ0n) is 16.8. The number of nitrogens with one attached hydrogen (secondary N) is 3. The molecule has 6 nitrogen and oxygen atoms in total. The Morgan fingerprint density at radius 2 is 1.90 bits per heavy atom. The van der Waals surface area contributed by atoms with Crippen LogP contribution in [0.3, 0.4) is 0 Å². The molecule has 0 fully saturated rings. The summed E-state index contributed by atoms with van der Waals surface area (Å²) in [6.07, 6.45) is 0. The molecule has 0 saturated heterocycles. The van der Waals surface area contributed by atoms with Crippen LogP contribution in [0.15, 0.2) is 60.7 Å². The number of aryl methyl sites for hydroxylation is 1. The van der Waals surface area contributed by atoms with Gasteiger partial charge in [-0.1, -0.05) is 17.7 Å². The van der Waals surface area contributed by atoms with E-state index in [4.69, 9.17) is 28.6 Å². The first-order valence-corrected chi connectivity index (χ1v) is 10.2. The van der Waals surface area contributed by atoms with Crippen LogP contribution in [0, 0.1) is 6.92 Å². The third-order valence-corrected chi connectivity index (χ3v) is 5.35. The molecule has 4 aromatic rings. The summed E-state index contributed by atoms with van der Waals surface area (Å²) in [5.74, 6) is 1.03. The zero-order chi connectivity index (χ0) is 22.0. The number of carbonyl (C=O) groups excluding carboxylic acids is 1. The smallest absolute Gasteiger partial charge is 0.257 e. The Labute approximate surface area is 189 Å². The van der Waals surface area contributed by atoms with E-state index in [2.05, 4.69) is 20.6 Å². The summed E-state index contributed by atoms with van der Waals surface area (Å²) < 4.78 is 5.14. The number of halogens is 1. The monoisotopic (exact) mass is 450 g/mol. The van der Waals surface area contributed by atoms with Gasteiger partial charge in [0, 0.05) is 21.8 Å². The second-order valence-corrected chi connectivity index (χ2v) is 7.74. The Morgan fingerprint density at radius 1 is 1.13 bits per heavy atom. The number of thiocarbonyl (C=S) groups is 1. The van der Waals surface area contributed by atoms with E-state index in [1.54, 1.807) is 31.4 Å². The van der Waals surface area contributed by atoms with E-state index in [0.717, 1.165) is 33.7 Å². The van der Waals surface area contributed by atoms with E-state index < -0.39 is 0 Å². The van der Waals surface area contributed by atoms with Gasteiger partial charge in [0.05, 0.1) is 18.1 Å². The van der Waals surface area contributed by atoms with E-state index in [-0.39, 0.29) is 11.0 Å². The summed E-state index contributed by atoms with van der Waals surface area (Å²) in [4.78, 5) is 20.3. The molecule has 31 heavy (non-hydrogen) atoms. The van der Waals surface area contributed by atoms with Crippen molar-refractivity contribution in [2.75, 3.05) is 12.4 Å². The lowest BCUT2D eigenvalue weighted by atomic mass is 10.2. The van der Waals surface area contributed by atoms with Crippen LogP contribution in [0.25, 0.3) is 22.4 Å². The molecule has 156 valence electrons. The summed E-state index contributed by atoms with van der Waals surface area (Å²) in [7, 11) is 1.55. The lowest BCUT2D eigenvalue weighted by Gasteiger charge is -2.10. The fourth-order valence-electron chi connectivity index (χ4n) is 3.09. The van der Waals surface area contributed by atoms with Gasteiger partial charge < -0.3 is 15.0 Å². The lowest BCUT2D eigenvalue weighted by Crippen LogP contribution is -2.34. The number of aromatic amines is 1. The quantitative estimate of drug-likeness (QED) is 0.366. The molecule has 8 heteroatoms. The predicted octanol–water partition coefficient (Wildman–Crippen LogP) is 5.33. The lowest BCUT2D eigenvalue weighted by molar-refractivity contribution is 0.0977. The minimum Gasteiger partial charge on any atom is -0.497 e. The van der Waals surface area contributed by atoms with Crippen molar-refractivity contribution in [2.45, 2.75) is 6.92 Å². The standard InChI is InChI=1S/C23H19ClN4O2S/c1-13-10-19-20(12-18(13)24)27-21(26-19)14-6-8-16(9-7-14)25-23(31)28-22(29)15-4-3-5-17(11-15)30-2/h3-12H,1-2H3,(H,26,27)(H2,25,28,29,31). The van der Waals surface area contributed by atoms with Crippen molar-refractivity contribution in [1.29, 1.82) is 0 Å². The molecular weight excluding hydrogens is 432 g/mol. The number of benzene rings is 3. The van der Waals surface area contributed by atoms with E-state index in [9.17, 15) is 4.79 Å². The van der Waals surface area contributed by atoms with Crippen molar-refractivity contribution in [1.82, 2.24) is 15.3 Å². The average Bonchev–Trinajstić information content (AvgIpc) is 3.17. The fraction of sp³-hybridized carbons (Fsp3) is 0.0870. The number of hydrogen-bond acceptors (Lipinski definition) is 4. The Morgan fingerprint density at radius 3 is 2.65 bits per heavy atom. The highest BCUT2D eigenvalue weighted by Gasteiger charge is 2.10. The molecule has 0 aliphatic carbocycles. The number of rotatable bonds is 4. The predicted molar refractivity (Wildman–Crippen MR) is 128 cm³/mol. The SMILES string of the molecule is COc1cccc(C(=O)NC(=S)Nc2ccc(-c3nc4cc(Cl)c(C)cc4[nH]3)cc2)c1. The molecule has 1 aromatic heterocycles. The minimum atomic E-state index is -0.316. The van der Waals surface area contributed by atoms with Crippen molar-refractivity contribution >= 4 is 51.6 Å². The maximum absolute atomic E-state index is 12.4. The Bertz CT molecular complexity index is 1250. The first kappa shape index (κ1) is 20.8. The van der Waals surface area contributed by atoms with Gasteiger partial charge in [-0.25, -0.2) is 4.98 Å². The summed E-state index contributed by atoms with van der Waals surface area (Å²) >= 11 is 11.5. The van der Waals surface area contributed by atoms with Gasteiger partial charge in [0.15, 0.2) is 5.11 Å². The first-order chi connectivity index (χ1) is 14.9. The number of anilines is 1. The van der Waals surface area contributed by atoms with Crippen LogP contribution in [0.1, 0.15) is 15.9 Å². The van der Waals surface area contributed by atoms with Crippen LogP contribution < -0.4 is 15.4 Å². The summed E-state index contributed by atoms with van der Waals surface area (Å²) in [5.41, 5.74) is 4.86. The number of H-pyrrole nitrogens is 1. The zero-order valence-corrected chi connectivity index (χ0v) is 18.4. The molecule has 1 amide bonds. The van der Waals surface area contributed by atoms with Crippen LogP contribution in [0.5, 0.6) is 5.75 Å². The normalized spacial score (nSPS) is 10.7. The van der Waals surface area contributed by atoms with Gasteiger partial charge in [0.25, 0.3) is 5.91 Å². The average molecular weight is 451 g/mol. The molecule has 0 spiro atoms. The molecule has 0 saturated carbocycles. The number of carbonyl (C=O) groups is 1. The fourth-order valence-corrected chi connectivity index (χ4v) is 3.46. The van der Waals surface area contributed by atoms with Crippen molar-refractivity contribution in [2.24, 2.45) is 0 Å². The van der Waals surface area contributed by atoms with Crippen LogP contribution in [0.2, 0.25) is 5.02 Å². The molecule has 3 aromatic carbocycles. The second kappa shape index (κ2) is 8.75. The van der Waals surface area contributed by atoms with Crippen molar-refractivity contribution in [3.05, 3.63) is 76.8 Å². The van der Waals surface area contributed by atoms with E-state index in [1.807, 2.05) is 43.3 Å². The van der Waals surface area contributed by atoms with Crippen LogP contribution in [-0.4, -0.2) is 28.1 Å². The highest BCUT2D eigenvalue weighted by molar-refractivity contribution is 7.80. The molecule has 4 rings (SSSR count). The molecular formula is C23H19ClN4O2S. The van der Waals surface area contributed by atoms with E-state index in [1.165, 1.54) is 0 Å². The summed E-state index contributed by atoms with van der Waals surface area (Å²) in [6.45, 7) is 1.96. The topological polar surface area (TPSA) is 79.0 Å². The van der Waals surface area contributed by atoms with Crippen molar-refractivity contribution in [3.63, 3.8) is 0 Å². The highest BCUT2D eigenvalue weighted by Crippen LogP contribution is 2.26. The molecule has 1 heterocycles. The largest absolute Gasteiger partial charge is 0.497 e. The molecule has 0 unspecified atom stereocenters. The second-order valence-electron chi connectivity index (χ2n) is 6.92. The maximum atomic E-state index is 12.4. The number of nitrogens with zero attached hydrogens (tertiary/aromatic N) is 1. The number of aromatic nitrogens is 2. The van der Waals surface area contributed by atoms with Crippen molar-refractivity contribution in [3.8, 4) is 17.1 Å². The van der Waals surface area contributed by atoms with E-state index in [0.29, 0.717) is 16.3 Å². The number of amides is 1. The number of fused-ring (bicyclic) bond motifs is 1. The Kier molecular flexibility index (Phi) is 5.88. The maximum Gasteiger partial charge on any atom is 0.257 e. The number of hydrogen-bond donors (Lipinski definition) is 3. The van der Waals surface area contributed by atoms with E-state index >= 15 is 0 Å². The van der Waals surface area contributed by atoms with Gasteiger partial charge in [-0.05, 0) is 79.3 Å². The van der Waals surface area contributed by atoms with Gasteiger partial charge >= 0.3 is 0 Å². The van der Waals surface area contributed by atoms with Crippen LogP contribution >= 0.6 is 23.8 Å². The Balaban J connectivity index is 1.43. The van der Waals surface area contributed by atoms with Gasteiger partial charge in [0.1, 0.15) is 11.6 Å². The highest BCUT2D eigenvalue weighted by atomic mass is 35.5. The third kappa shape index (κ3) is 4.68. The van der Waals surface area contributed by atoms with Crippen molar-refractivity contribution < 1.29 is 9.53 Å². The summed E-state index contributed by atoms with van der Waals surface area (Å²) in [6, 6.07) is 18.3. The molecule has 3 N–H and O–H groups in total. The molecule has 0 aliphatic heterocycles. The number of imidazole rings is 1. The van der Waals surface area contributed by atoms with Gasteiger partial charge in [-0.2, -0.15) is 0 Å². The molecule has 0 aliphatic rings. The molecule has 0 radical (unpaired) electrons. The van der Waals surface area contributed by atoms with Gasteiger partial charge in [-0.3, -0.25) is 10.1 Å². The van der Waals surface area contributed by atoms with Crippen LogP contribution in [0.4, 0.5) is 5.69 Å². The Hall–Kier alpha value is -3.42. The minimum absolute atomic E-state index is 0.203. The van der Waals surface area contributed by atoms with Crippen LogP contribution in [-0.2, 0) is 0 Å². The van der Waals surface area contributed by atoms with Gasteiger partial charge in [0.2, 0.25) is 0 Å². The molecule has 0 atom stereocenters.